The molecule has 0 radical (unpaired) electrons. The summed E-state index contributed by atoms with van der Waals surface area (Å²) in [6, 6.07) is 30.0. The lowest BCUT2D eigenvalue weighted by Gasteiger charge is -2.35. The number of sulfonamides is 1. The normalized spacial score (nSPS) is 12.2. The molecular weight excluding hydrogens is 622 g/mol. The summed E-state index contributed by atoms with van der Waals surface area (Å²) in [7, 11) is -4.19. The van der Waals surface area contributed by atoms with Crippen LogP contribution in [-0.4, -0.2) is 49.9 Å². The van der Waals surface area contributed by atoms with E-state index in [4.69, 9.17) is 16.3 Å². The van der Waals surface area contributed by atoms with Crippen molar-refractivity contribution >= 4 is 39.1 Å². The highest BCUT2D eigenvalue weighted by Gasteiger charge is 2.35. The Labute approximate surface area is 277 Å². The summed E-state index contributed by atoms with van der Waals surface area (Å²) >= 11 is 6.15. The maximum Gasteiger partial charge on any atom is 0.264 e. The maximum atomic E-state index is 14.5. The van der Waals surface area contributed by atoms with E-state index in [1.54, 1.807) is 66.7 Å². The Morgan fingerprint density at radius 1 is 0.826 bits per heavy atom. The zero-order chi connectivity index (χ0) is 33.3. The van der Waals surface area contributed by atoms with Gasteiger partial charge in [-0.1, -0.05) is 72.3 Å². The van der Waals surface area contributed by atoms with Gasteiger partial charge in [0.2, 0.25) is 11.8 Å². The number of ether oxygens (including phenoxy) is 1. The number of nitrogens with one attached hydrogen (secondary N) is 1. The van der Waals surface area contributed by atoms with Crippen LogP contribution in [0.2, 0.25) is 5.02 Å². The van der Waals surface area contributed by atoms with E-state index in [9.17, 15) is 18.0 Å². The molecule has 0 saturated heterocycles. The van der Waals surface area contributed by atoms with Crippen LogP contribution in [0.5, 0.6) is 5.75 Å². The first-order valence-corrected chi connectivity index (χ1v) is 16.9. The van der Waals surface area contributed by atoms with Crippen LogP contribution < -0.4 is 14.4 Å². The quantitative estimate of drug-likeness (QED) is 0.177. The van der Waals surface area contributed by atoms with Gasteiger partial charge in [-0.15, -0.1) is 0 Å². The van der Waals surface area contributed by atoms with Gasteiger partial charge >= 0.3 is 0 Å². The second-order valence-corrected chi connectivity index (χ2v) is 14.1. The Balaban J connectivity index is 1.80. The standard InChI is InChI=1S/C36H40ClN3O5S/c1-5-45-31-22-20-30(21-23-31)40(46(43,44)32-14-10-7-11-15-32)26-34(41)39(25-28-16-18-29(37)19-17-28)33(35(42)38-36(2,3)4)24-27-12-8-6-9-13-27/h6-23,33H,5,24-26H2,1-4H3,(H,38,42)/t33-/m1/s1. The third-order valence-corrected chi connectivity index (χ3v) is 9.12. The number of benzene rings is 4. The van der Waals surface area contributed by atoms with Crippen molar-refractivity contribution in [1.29, 1.82) is 0 Å². The van der Waals surface area contributed by atoms with Crippen LogP contribution >= 0.6 is 11.6 Å². The van der Waals surface area contributed by atoms with Gasteiger partial charge in [0.25, 0.3) is 10.0 Å². The van der Waals surface area contributed by atoms with Crippen LogP contribution in [0.4, 0.5) is 5.69 Å². The molecule has 0 aliphatic heterocycles. The minimum atomic E-state index is -4.19. The average molecular weight is 662 g/mol. The zero-order valence-corrected chi connectivity index (χ0v) is 28.1. The molecule has 2 amide bonds. The summed E-state index contributed by atoms with van der Waals surface area (Å²) in [5.74, 6) is -0.327. The maximum absolute atomic E-state index is 14.5. The molecule has 46 heavy (non-hydrogen) atoms. The highest BCUT2D eigenvalue weighted by molar-refractivity contribution is 7.92. The molecule has 0 bridgehead atoms. The molecule has 4 aromatic carbocycles. The first kappa shape index (κ1) is 34.5. The van der Waals surface area contributed by atoms with Crippen molar-refractivity contribution in [2.45, 2.75) is 57.1 Å². The Morgan fingerprint density at radius 3 is 1.98 bits per heavy atom. The molecule has 10 heteroatoms. The Morgan fingerprint density at radius 2 is 1.41 bits per heavy atom. The molecule has 0 unspecified atom stereocenters. The minimum Gasteiger partial charge on any atom is -0.494 e. The minimum absolute atomic E-state index is 0.0345. The van der Waals surface area contributed by atoms with E-state index in [1.165, 1.54) is 17.0 Å². The van der Waals surface area contributed by atoms with Crippen LogP contribution in [-0.2, 0) is 32.6 Å². The van der Waals surface area contributed by atoms with Gasteiger partial charge in [-0.25, -0.2) is 8.42 Å². The van der Waals surface area contributed by atoms with E-state index < -0.39 is 34.1 Å². The van der Waals surface area contributed by atoms with Crippen LogP contribution in [0.1, 0.15) is 38.8 Å². The monoisotopic (exact) mass is 661 g/mol. The van der Waals surface area contributed by atoms with E-state index in [2.05, 4.69) is 5.32 Å². The number of amides is 2. The van der Waals surface area contributed by atoms with Gasteiger partial charge in [0, 0.05) is 23.5 Å². The number of halogens is 1. The van der Waals surface area contributed by atoms with E-state index in [1.807, 2.05) is 58.0 Å². The van der Waals surface area contributed by atoms with Crippen LogP contribution in [0.25, 0.3) is 0 Å². The second-order valence-electron chi connectivity index (χ2n) is 11.8. The predicted octanol–water partition coefficient (Wildman–Crippen LogP) is 6.49. The fourth-order valence-corrected chi connectivity index (χ4v) is 6.48. The lowest BCUT2D eigenvalue weighted by Crippen LogP contribution is -2.56. The summed E-state index contributed by atoms with van der Waals surface area (Å²) in [5.41, 5.74) is 1.29. The van der Waals surface area contributed by atoms with Crippen molar-refractivity contribution in [1.82, 2.24) is 10.2 Å². The van der Waals surface area contributed by atoms with Crippen LogP contribution in [0.3, 0.4) is 0 Å². The van der Waals surface area contributed by atoms with Crippen molar-refractivity contribution in [3.05, 3.63) is 125 Å². The number of anilines is 1. The number of carbonyl (C=O) groups excluding carboxylic acids is 2. The zero-order valence-electron chi connectivity index (χ0n) is 26.5. The Bertz CT molecular complexity index is 1690. The summed E-state index contributed by atoms with van der Waals surface area (Å²) in [5, 5.41) is 3.56. The topological polar surface area (TPSA) is 96.0 Å². The molecular formula is C36H40ClN3O5S. The molecule has 4 aromatic rings. The van der Waals surface area contributed by atoms with Crippen molar-refractivity contribution in [3.63, 3.8) is 0 Å². The number of rotatable bonds is 13. The molecule has 4 rings (SSSR count). The lowest BCUT2D eigenvalue weighted by molar-refractivity contribution is -0.140. The smallest absolute Gasteiger partial charge is 0.264 e. The molecule has 0 aliphatic carbocycles. The Hall–Kier alpha value is -4.34. The first-order valence-electron chi connectivity index (χ1n) is 15.1. The first-order chi connectivity index (χ1) is 21.9. The number of hydrogen-bond acceptors (Lipinski definition) is 5. The highest BCUT2D eigenvalue weighted by Crippen LogP contribution is 2.27. The third-order valence-electron chi connectivity index (χ3n) is 7.08. The van der Waals surface area contributed by atoms with Gasteiger partial charge in [0.1, 0.15) is 18.3 Å². The van der Waals surface area contributed by atoms with Gasteiger partial charge in [-0.2, -0.15) is 0 Å². The molecule has 8 nitrogen and oxygen atoms in total. The highest BCUT2D eigenvalue weighted by atomic mass is 35.5. The molecule has 0 aromatic heterocycles. The lowest BCUT2D eigenvalue weighted by atomic mass is 10.0. The van der Waals surface area contributed by atoms with E-state index >= 15 is 0 Å². The molecule has 1 N–H and O–H groups in total. The van der Waals surface area contributed by atoms with Crippen LogP contribution in [0, 0.1) is 0 Å². The van der Waals surface area contributed by atoms with Crippen molar-refractivity contribution in [2.75, 3.05) is 17.5 Å². The van der Waals surface area contributed by atoms with Gasteiger partial charge in [-0.3, -0.25) is 13.9 Å². The third kappa shape index (κ3) is 9.34. The molecule has 242 valence electrons. The fraction of sp³-hybridized carbons (Fsp3) is 0.278. The Kier molecular flexibility index (Phi) is 11.5. The van der Waals surface area contributed by atoms with Gasteiger partial charge in [0.15, 0.2) is 0 Å². The van der Waals surface area contributed by atoms with Crippen molar-refractivity contribution in [2.24, 2.45) is 0 Å². The fourth-order valence-electron chi connectivity index (χ4n) is 4.92. The molecule has 0 spiro atoms. The largest absolute Gasteiger partial charge is 0.494 e. The summed E-state index contributed by atoms with van der Waals surface area (Å²) in [6.07, 6.45) is 0.219. The van der Waals surface area contributed by atoms with Gasteiger partial charge in [-0.05, 0) is 87.4 Å². The molecule has 0 fully saturated rings. The van der Waals surface area contributed by atoms with E-state index in [0.717, 1.165) is 15.4 Å². The van der Waals surface area contributed by atoms with Crippen LogP contribution in [0.15, 0.2) is 114 Å². The summed E-state index contributed by atoms with van der Waals surface area (Å²) < 4.78 is 34.9. The van der Waals surface area contributed by atoms with Crippen molar-refractivity contribution < 1.29 is 22.7 Å². The average Bonchev–Trinajstić information content (AvgIpc) is 3.03. The number of hydrogen-bond donors (Lipinski definition) is 1. The summed E-state index contributed by atoms with van der Waals surface area (Å²) in [6.45, 7) is 7.42. The molecule has 0 heterocycles. The predicted molar refractivity (Wildman–Crippen MR) is 182 cm³/mol. The van der Waals surface area contributed by atoms with Crippen molar-refractivity contribution in [3.8, 4) is 5.75 Å². The second kappa shape index (κ2) is 15.3. The number of nitrogens with zero attached hydrogens (tertiary/aromatic N) is 2. The molecule has 0 saturated carbocycles. The SMILES string of the molecule is CCOc1ccc(N(CC(=O)N(Cc2ccc(Cl)cc2)[C@H](Cc2ccccc2)C(=O)NC(C)(C)C)S(=O)(=O)c2ccccc2)cc1. The molecule has 1 atom stereocenters. The van der Waals surface area contributed by atoms with Gasteiger partial charge in [0.05, 0.1) is 17.2 Å². The summed E-state index contributed by atoms with van der Waals surface area (Å²) in [4.78, 5) is 30.0. The number of carbonyl (C=O) groups is 2. The van der Waals surface area contributed by atoms with E-state index in [-0.39, 0.29) is 29.5 Å². The molecule has 0 aliphatic rings. The van der Waals surface area contributed by atoms with E-state index in [0.29, 0.717) is 17.4 Å². The van der Waals surface area contributed by atoms with Gasteiger partial charge < -0.3 is 15.0 Å².